The quantitative estimate of drug-likeness (QED) is 0.241. The van der Waals surface area contributed by atoms with E-state index in [9.17, 15) is 0 Å². The molecule has 182 valence electrons. The molecular formula is C31H31N3O2. The Morgan fingerprint density at radius 2 is 1.58 bits per heavy atom. The van der Waals surface area contributed by atoms with Crippen molar-refractivity contribution in [2.45, 2.75) is 32.7 Å². The molecule has 0 aliphatic rings. The molecule has 5 rings (SSSR count). The molecule has 0 bridgehead atoms. The fourth-order valence-corrected chi connectivity index (χ4v) is 4.57. The number of nitrogens with zero attached hydrogens (tertiary/aromatic N) is 3. The van der Waals surface area contributed by atoms with E-state index in [4.69, 9.17) is 19.5 Å². The molecular weight excluding hydrogens is 446 g/mol. The smallest absolute Gasteiger partial charge is 0.230 e. The molecule has 0 spiro atoms. The van der Waals surface area contributed by atoms with Crippen LogP contribution in [0.1, 0.15) is 37.5 Å². The standard InChI is InChI=1S/C31H31N3O2/c1-31(2,3)23-16-13-21(14-17-23)20-34-26-11-7-6-10-25(26)33-30(34)32-19-22-15-18-27(35-4)24-9-8-12-28(36-5)29(22)24/h6-19H,20H2,1-5H3/b32-19+. The lowest BCUT2D eigenvalue weighted by molar-refractivity contribution is 0.415. The fourth-order valence-electron chi connectivity index (χ4n) is 4.57. The second kappa shape index (κ2) is 9.50. The first-order chi connectivity index (χ1) is 17.4. The summed E-state index contributed by atoms with van der Waals surface area (Å²) in [4.78, 5) is 9.72. The maximum Gasteiger partial charge on any atom is 0.230 e. The number of aliphatic imine (C=N–C) groups is 1. The molecule has 0 atom stereocenters. The van der Waals surface area contributed by atoms with Gasteiger partial charge < -0.3 is 14.0 Å². The number of aromatic nitrogens is 2. The summed E-state index contributed by atoms with van der Waals surface area (Å²) in [6.07, 6.45) is 1.87. The molecule has 0 aliphatic heterocycles. The van der Waals surface area contributed by atoms with Crippen molar-refractivity contribution < 1.29 is 9.47 Å². The van der Waals surface area contributed by atoms with Gasteiger partial charge in [-0.05, 0) is 46.9 Å². The minimum atomic E-state index is 0.123. The van der Waals surface area contributed by atoms with Crippen LogP contribution in [0.3, 0.4) is 0 Å². The molecule has 5 heteroatoms. The predicted molar refractivity (Wildman–Crippen MR) is 148 cm³/mol. The topological polar surface area (TPSA) is 48.6 Å². The normalized spacial score (nSPS) is 12.0. The summed E-state index contributed by atoms with van der Waals surface area (Å²) in [5.41, 5.74) is 5.57. The highest BCUT2D eigenvalue weighted by molar-refractivity contribution is 6.06. The van der Waals surface area contributed by atoms with Gasteiger partial charge in [0.25, 0.3) is 0 Å². The maximum absolute atomic E-state index is 5.67. The van der Waals surface area contributed by atoms with Crippen molar-refractivity contribution in [2.75, 3.05) is 14.2 Å². The van der Waals surface area contributed by atoms with E-state index in [0.29, 0.717) is 12.5 Å². The minimum absolute atomic E-state index is 0.123. The van der Waals surface area contributed by atoms with E-state index in [0.717, 1.165) is 38.9 Å². The van der Waals surface area contributed by atoms with Crippen molar-refractivity contribution >= 4 is 34.0 Å². The lowest BCUT2D eigenvalue weighted by Gasteiger charge is -2.19. The molecule has 0 aliphatic carbocycles. The van der Waals surface area contributed by atoms with Crippen LogP contribution >= 0.6 is 0 Å². The van der Waals surface area contributed by atoms with E-state index in [-0.39, 0.29) is 5.41 Å². The van der Waals surface area contributed by atoms with Gasteiger partial charge in [0.05, 0.1) is 31.8 Å². The average molecular weight is 478 g/mol. The number of benzene rings is 4. The molecule has 1 aromatic heterocycles. The Labute approximate surface area is 212 Å². The number of hydrogen-bond acceptors (Lipinski definition) is 4. The third kappa shape index (κ3) is 4.44. The molecule has 4 aromatic carbocycles. The first-order valence-electron chi connectivity index (χ1n) is 12.1. The SMILES string of the molecule is COc1ccc(/C=N/c2nc3ccccc3n2Cc2ccc(C(C)(C)C)cc2)c2c(OC)cccc12. The third-order valence-electron chi connectivity index (χ3n) is 6.55. The van der Waals surface area contributed by atoms with E-state index in [1.807, 2.05) is 54.7 Å². The van der Waals surface area contributed by atoms with Crippen LogP contribution in [0, 0.1) is 0 Å². The molecule has 0 unspecified atom stereocenters. The van der Waals surface area contributed by atoms with E-state index >= 15 is 0 Å². The second-order valence-corrected chi connectivity index (χ2v) is 9.93. The van der Waals surface area contributed by atoms with Gasteiger partial charge >= 0.3 is 0 Å². The fraction of sp³-hybridized carbons (Fsp3) is 0.226. The van der Waals surface area contributed by atoms with Crippen LogP contribution in [0.4, 0.5) is 5.95 Å². The zero-order chi connectivity index (χ0) is 25.3. The Balaban J connectivity index is 1.58. The average Bonchev–Trinajstić information content (AvgIpc) is 3.23. The van der Waals surface area contributed by atoms with Gasteiger partial charge in [-0.25, -0.2) is 9.98 Å². The molecule has 0 saturated carbocycles. The van der Waals surface area contributed by atoms with E-state index in [1.165, 1.54) is 11.1 Å². The largest absolute Gasteiger partial charge is 0.496 e. The highest BCUT2D eigenvalue weighted by Crippen LogP contribution is 2.35. The molecule has 0 N–H and O–H groups in total. The highest BCUT2D eigenvalue weighted by atomic mass is 16.5. The predicted octanol–water partition coefficient (Wildman–Crippen LogP) is 7.30. The number of rotatable bonds is 6. The van der Waals surface area contributed by atoms with Crippen molar-refractivity contribution in [2.24, 2.45) is 4.99 Å². The van der Waals surface area contributed by atoms with E-state index in [2.05, 4.69) is 55.7 Å². The monoisotopic (exact) mass is 477 g/mol. The molecule has 0 amide bonds. The van der Waals surface area contributed by atoms with Crippen molar-refractivity contribution in [1.82, 2.24) is 9.55 Å². The minimum Gasteiger partial charge on any atom is -0.496 e. The molecule has 0 saturated heterocycles. The van der Waals surface area contributed by atoms with Crippen LogP contribution in [0.5, 0.6) is 11.5 Å². The zero-order valence-electron chi connectivity index (χ0n) is 21.4. The third-order valence-corrected chi connectivity index (χ3v) is 6.55. The van der Waals surface area contributed by atoms with Crippen LogP contribution < -0.4 is 9.47 Å². The number of para-hydroxylation sites is 2. The van der Waals surface area contributed by atoms with Crippen LogP contribution in [0.2, 0.25) is 0 Å². The van der Waals surface area contributed by atoms with Crippen molar-refractivity contribution in [3.63, 3.8) is 0 Å². The summed E-state index contributed by atoms with van der Waals surface area (Å²) in [7, 11) is 3.36. The summed E-state index contributed by atoms with van der Waals surface area (Å²) < 4.78 is 13.4. The molecule has 5 aromatic rings. The zero-order valence-corrected chi connectivity index (χ0v) is 21.4. The lowest BCUT2D eigenvalue weighted by Crippen LogP contribution is -2.11. The second-order valence-electron chi connectivity index (χ2n) is 9.93. The van der Waals surface area contributed by atoms with Gasteiger partial charge in [-0.15, -0.1) is 0 Å². The van der Waals surface area contributed by atoms with Crippen LogP contribution in [0.15, 0.2) is 83.9 Å². The van der Waals surface area contributed by atoms with E-state index in [1.54, 1.807) is 14.2 Å². The molecule has 0 fully saturated rings. The van der Waals surface area contributed by atoms with E-state index < -0.39 is 0 Å². The Morgan fingerprint density at radius 3 is 2.31 bits per heavy atom. The van der Waals surface area contributed by atoms with Gasteiger partial charge in [0.15, 0.2) is 0 Å². The number of hydrogen-bond donors (Lipinski definition) is 0. The Morgan fingerprint density at radius 1 is 0.833 bits per heavy atom. The maximum atomic E-state index is 5.67. The number of methoxy groups -OCH3 is 2. The summed E-state index contributed by atoms with van der Waals surface area (Å²) in [5, 5.41) is 1.94. The molecule has 0 radical (unpaired) electrons. The number of fused-ring (bicyclic) bond motifs is 2. The molecule has 5 nitrogen and oxygen atoms in total. The van der Waals surface area contributed by atoms with Gasteiger partial charge in [0, 0.05) is 22.6 Å². The number of ether oxygens (including phenoxy) is 2. The van der Waals surface area contributed by atoms with Crippen molar-refractivity contribution in [1.29, 1.82) is 0 Å². The lowest BCUT2D eigenvalue weighted by atomic mass is 9.87. The van der Waals surface area contributed by atoms with Gasteiger partial charge in [0.2, 0.25) is 5.95 Å². The van der Waals surface area contributed by atoms with Crippen molar-refractivity contribution in [3.8, 4) is 11.5 Å². The summed E-state index contributed by atoms with van der Waals surface area (Å²) >= 11 is 0. The van der Waals surface area contributed by atoms with Crippen LogP contribution in [-0.2, 0) is 12.0 Å². The first kappa shape index (κ1) is 23.6. The van der Waals surface area contributed by atoms with Crippen LogP contribution in [-0.4, -0.2) is 30.0 Å². The summed E-state index contributed by atoms with van der Waals surface area (Å²) in [5.74, 6) is 2.24. The summed E-state index contributed by atoms with van der Waals surface area (Å²) in [6.45, 7) is 7.38. The van der Waals surface area contributed by atoms with Crippen molar-refractivity contribution in [3.05, 3.63) is 95.6 Å². The molecule has 1 heterocycles. The van der Waals surface area contributed by atoms with Gasteiger partial charge in [0.1, 0.15) is 11.5 Å². The van der Waals surface area contributed by atoms with Gasteiger partial charge in [-0.3, -0.25) is 0 Å². The first-order valence-corrected chi connectivity index (χ1v) is 12.1. The van der Waals surface area contributed by atoms with Gasteiger partial charge in [-0.2, -0.15) is 0 Å². The molecule has 36 heavy (non-hydrogen) atoms. The van der Waals surface area contributed by atoms with Crippen LogP contribution in [0.25, 0.3) is 21.8 Å². The Kier molecular flexibility index (Phi) is 6.23. The summed E-state index contributed by atoms with van der Waals surface area (Å²) in [6, 6.07) is 26.9. The Bertz CT molecular complexity index is 1560. The van der Waals surface area contributed by atoms with Gasteiger partial charge in [-0.1, -0.05) is 69.3 Å². The number of imidazole rings is 1. The highest BCUT2D eigenvalue weighted by Gasteiger charge is 2.15. The Hall–Kier alpha value is -4.12.